The minimum Gasteiger partial charge on any atom is -0.368 e. The third-order valence-electron chi connectivity index (χ3n) is 9.41. The van der Waals surface area contributed by atoms with Crippen molar-refractivity contribution in [2.45, 2.75) is 67.9 Å². The molecule has 0 aliphatic carbocycles. The summed E-state index contributed by atoms with van der Waals surface area (Å²) in [6.45, 7) is 1.37. The number of halogens is 3. The van der Waals surface area contributed by atoms with Crippen molar-refractivity contribution >= 4 is 17.5 Å². The molecule has 3 saturated heterocycles. The van der Waals surface area contributed by atoms with Crippen molar-refractivity contribution in [2.75, 3.05) is 18.0 Å². The van der Waals surface area contributed by atoms with E-state index in [1.165, 1.54) is 0 Å². The number of anilines is 1. The Bertz CT molecular complexity index is 1380. The summed E-state index contributed by atoms with van der Waals surface area (Å²) in [5, 5.41) is 6.37. The Morgan fingerprint density at radius 1 is 0.651 bits per heavy atom. The van der Waals surface area contributed by atoms with Gasteiger partial charge in [-0.25, -0.2) is 0 Å². The molecule has 6 N–H and O–H groups in total. The number of nitrogens with two attached hydrogens (primary N) is 2. The van der Waals surface area contributed by atoms with Crippen LogP contribution in [0.5, 0.6) is 0 Å². The van der Waals surface area contributed by atoms with Crippen molar-refractivity contribution in [2.24, 2.45) is 11.5 Å². The third kappa shape index (κ3) is 5.99. The van der Waals surface area contributed by atoms with Gasteiger partial charge in [0.15, 0.2) is 0 Å². The number of alkyl halides is 3. The van der Waals surface area contributed by atoms with Crippen LogP contribution in [0, 0.1) is 0 Å². The van der Waals surface area contributed by atoms with E-state index in [0.29, 0.717) is 25.9 Å². The molecule has 0 aromatic heterocycles. The van der Waals surface area contributed by atoms with Crippen molar-refractivity contribution in [3.05, 3.63) is 101 Å². The first-order chi connectivity index (χ1) is 20.6. The summed E-state index contributed by atoms with van der Waals surface area (Å²) < 4.78 is 40.1. The predicted octanol–water partition coefficient (Wildman–Crippen LogP) is 4.65. The van der Waals surface area contributed by atoms with E-state index in [4.69, 9.17) is 11.5 Å². The molecule has 4 unspecified atom stereocenters. The summed E-state index contributed by atoms with van der Waals surface area (Å²) in [5.41, 5.74) is 15.5. The minimum atomic E-state index is -4.40. The van der Waals surface area contributed by atoms with Crippen LogP contribution in [0.4, 0.5) is 18.9 Å². The molecular formula is C33H36F3N5O2. The zero-order valence-electron chi connectivity index (χ0n) is 23.7. The lowest BCUT2D eigenvalue weighted by molar-refractivity contribution is -0.137. The predicted molar refractivity (Wildman–Crippen MR) is 158 cm³/mol. The van der Waals surface area contributed by atoms with Gasteiger partial charge in [0.05, 0.1) is 29.7 Å². The van der Waals surface area contributed by atoms with Gasteiger partial charge in [0.2, 0.25) is 11.8 Å². The van der Waals surface area contributed by atoms with Gasteiger partial charge >= 0.3 is 6.18 Å². The lowest BCUT2D eigenvalue weighted by atomic mass is 9.93. The fourth-order valence-corrected chi connectivity index (χ4v) is 7.04. The fraction of sp³-hybridized carbons (Fsp3) is 0.394. The molecule has 6 atom stereocenters. The lowest BCUT2D eigenvalue weighted by Crippen LogP contribution is -2.36. The van der Waals surface area contributed by atoms with Gasteiger partial charge in [-0.15, -0.1) is 0 Å². The van der Waals surface area contributed by atoms with E-state index in [0.717, 1.165) is 52.9 Å². The smallest absolute Gasteiger partial charge is 0.368 e. The van der Waals surface area contributed by atoms with Crippen molar-refractivity contribution < 1.29 is 22.8 Å². The Morgan fingerprint density at radius 2 is 1.05 bits per heavy atom. The van der Waals surface area contributed by atoms with Crippen LogP contribution in [0.2, 0.25) is 0 Å². The maximum Gasteiger partial charge on any atom is 0.416 e. The molecule has 0 spiro atoms. The molecule has 3 heterocycles. The molecule has 2 amide bonds. The second-order valence-electron chi connectivity index (χ2n) is 12.0. The van der Waals surface area contributed by atoms with Crippen LogP contribution in [0.1, 0.15) is 77.4 Å². The van der Waals surface area contributed by atoms with E-state index in [-0.39, 0.29) is 47.8 Å². The molecule has 43 heavy (non-hydrogen) atoms. The normalized spacial score (nSPS) is 27.5. The number of carbonyl (C=O) groups is 2. The Hall–Kier alpha value is -3.89. The quantitative estimate of drug-likeness (QED) is 0.320. The van der Waals surface area contributed by atoms with Gasteiger partial charge in [-0.3, -0.25) is 9.59 Å². The lowest BCUT2D eigenvalue weighted by Gasteiger charge is -2.34. The topological polar surface area (TPSA) is 113 Å². The highest BCUT2D eigenvalue weighted by Gasteiger charge is 2.37. The molecular weight excluding hydrogens is 555 g/mol. The summed E-state index contributed by atoms with van der Waals surface area (Å²) in [6.07, 6.45) is -1.40. The third-order valence-corrected chi connectivity index (χ3v) is 9.41. The first-order valence-corrected chi connectivity index (χ1v) is 14.8. The Labute approximate surface area is 248 Å². The molecule has 3 aliphatic rings. The van der Waals surface area contributed by atoms with E-state index in [9.17, 15) is 22.8 Å². The van der Waals surface area contributed by atoms with Crippen LogP contribution >= 0.6 is 0 Å². The average molecular weight is 592 g/mol. The van der Waals surface area contributed by atoms with Crippen LogP contribution < -0.4 is 27.0 Å². The van der Waals surface area contributed by atoms with Crippen LogP contribution in [-0.2, 0) is 15.8 Å². The Kier molecular flexibility index (Phi) is 7.91. The number of nitrogens with one attached hydrogen (secondary N) is 2. The minimum absolute atomic E-state index is 0.0223. The van der Waals surface area contributed by atoms with E-state index in [2.05, 4.69) is 64.1 Å². The van der Waals surface area contributed by atoms with Crippen molar-refractivity contribution in [1.82, 2.24) is 10.6 Å². The highest BCUT2D eigenvalue weighted by atomic mass is 19.4. The largest absolute Gasteiger partial charge is 0.416 e. The van der Waals surface area contributed by atoms with E-state index in [1.54, 1.807) is 12.1 Å². The molecule has 3 aromatic rings. The van der Waals surface area contributed by atoms with Gasteiger partial charge in [0.25, 0.3) is 0 Å². The molecule has 3 aliphatic heterocycles. The number of carbonyl (C=O) groups excluding carboxylic acids is 2. The van der Waals surface area contributed by atoms with Crippen LogP contribution in [0.15, 0.2) is 72.8 Å². The Balaban J connectivity index is 1.26. The monoisotopic (exact) mass is 591 g/mol. The van der Waals surface area contributed by atoms with Crippen LogP contribution in [-0.4, -0.2) is 37.0 Å². The van der Waals surface area contributed by atoms with Crippen molar-refractivity contribution in [1.29, 1.82) is 0 Å². The number of amides is 2. The van der Waals surface area contributed by atoms with Gasteiger partial charge < -0.3 is 27.0 Å². The van der Waals surface area contributed by atoms with Crippen molar-refractivity contribution in [3.8, 4) is 0 Å². The molecule has 0 bridgehead atoms. The second-order valence-corrected chi connectivity index (χ2v) is 12.0. The zero-order valence-corrected chi connectivity index (χ0v) is 23.7. The first-order valence-electron chi connectivity index (χ1n) is 14.8. The van der Waals surface area contributed by atoms with E-state index >= 15 is 0 Å². The standard InChI is InChI=1S/C33H36F3N5O2/c34-33(35,36)25-9-11-26(12-10-25)41-29(21-5-1-19(2-6-21)23-15-27(31(37)42)39-17-23)13-14-30(41)22-7-3-20(4-8-22)24-16-28(32(38)43)40-18-24/h1-12,23-24,27-30,39-40H,13-18H2,(H2,37,42)(H2,38,43)/t23?,24?,27?,28?,29-,30-/m1/s1. The number of hydrogen-bond donors (Lipinski definition) is 4. The molecule has 0 saturated carbocycles. The van der Waals surface area contributed by atoms with E-state index in [1.807, 2.05) is 0 Å². The molecule has 7 nitrogen and oxygen atoms in total. The molecule has 226 valence electrons. The summed E-state index contributed by atoms with van der Waals surface area (Å²) in [6, 6.07) is 21.5. The Morgan fingerprint density at radius 3 is 1.40 bits per heavy atom. The summed E-state index contributed by atoms with van der Waals surface area (Å²) >= 11 is 0. The number of hydrogen-bond acceptors (Lipinski definition) is 5. The van der Waals surface area contributed by atoms with Gasteiger partial charge in [0, 0.05) is 18.8 Å². The van der Waals surface area contributed by atoms with Gasteiger partial charge in [-0.1, -0.05) is 48.5 Å². The molecule has 3 aromatic carbocycles. The number of rotatable bonds is 7. The molecule has 0 radical (unpaired) electrons. The van der Waals surface area contributed by atoms with Crippen molar-refractivity contribution in [3.63, 3.8) is 0 Å². The second kappa shape index (κ2) is 11.7. The SMILES string of the molecule is NC(=O)C1CC(c2ccc([C@H]3CC[C@H](c4ccc(C5CNC(C(N)=O)C5)cc4)N3c3ccc(C(F)(F)F)cc3)cc2)CN1. The number of primary amides is 2. The van der Waals surface area contributed by atoms with Crippen LogP contribution in [0.25, 0.3) is 0 Å². The summed E-state index contributed by atoms with van der Waals surface area (Å²) in [7, 11) is 0. The molecule has 3 fully saturated rings. The highest BCUT2D eigenvalue weighted by Crippen LogP contribution is 2.48. The number of nitrogens with zero attached hydrogens (tertiary/aromatic N) is 1. The first kappa shape index (κ1) is 29.2. The fourth-order valence-electron chi connectivity index (χ4n) is 7.04. The highest BCUT2D eigenvalue weighted by molar-refractivity contribution is 5.80. The molecule has 10 heteroatoms. The zero-order chi connectivity index (χ0) is 30.3. The summed E-state index contributed by atoms with van der Waals surface area (Å²) in [5.74, 6) is -0.293. The van der Waals surface area contributed by atoms with Gasteiger partial charge in [-0.2, -0.15) is 13.2 Å². The average Bonchev–Trinajstić information content (AvgIpc) is 3.77. The van der Waals surface area contributed by atoms with Gasteiger partial charge in [-0.05, 0) is 84.0 Å². The van der Waals surface area contributed by atoms with Crippen LogP contribution in [0.3, 0.4) is 0 Å². The summed E-state index contributed by atoms with van der Waals surface area (Å²) in [4.78, 5) is 25.4. The van der Waals surface area contributed by atoms with Gasteiger partial charge in [0.1, 0.15) is 0 Å². The number of benzene rings is 3. The maximum absolute atomic E-state index is 13.4. The molecule has 6 rings (SSSR count). The maximum atomic E-state index is 13.4. The van der Waals surface area contributed by atoms with E-state index < -0.39 is 11.7 Å².